The number of fused-ring (bicyclic) bond motifs is 7. The van der Waals surface area contributed by atoms with Gasteiger partial charge in [0.05, 0.1) is 38.1 Å². The fraction of sp³-hybridized carbons (Fsp3) is 0.938. The van der Waals surface area contributed by atoms with Gasteiger partial charge in [-0.2, -0.15) is 0 Å². The van der Waals surface area contributed by atoms with Crippen LogP contribution in [0.25, 0.3) is 0 Å². The highest BCUT2D eigenvalue weighted by Gasteiger charge is 2.72. The van der Waals surface area contributed by atoms with E-state index in [4.69, 9.17) is 28.4 Å². The van der Waals surface area contributed by atoms with Gasteiger partial charge in [-0.05, 0) is 104 Å². The van der Waals surface area contributed by atoms with Gasteiger partial charge in [0.1, 0.15) is 72.6 Å². The molecule has 0 bridgehead atoms. The van der Waals surface area contributed by atoms with Crippen LogP contribution in [0.1, 0.15) is 106 Å². The predicted molar refractivity (Wildman–Crippen MR) is 232 cm³/mol. The summed E-state index contributed by atoms with van der Waals surface area (Å²) in [5.74, 6) is -1.33. The van der Waals surface area contributed by atoms with Crippen molar-refractivity contribution in [1.82, 2.24) is 0 Å². The third kappa shape index (κ3) is 7.92. The molecule has 0 radical (unpaired) electrons. The second-order valence-corrected chi connectivity index (χ2v) is 23.4. The quantitative estimate of drug-likeness (QED) is 0.0986. The maximum Gasteiger partial charge on any atom is 0.312 e. The number of carboxylic acids is 1. The fourth-order valence-corrected chi connectivity index (χ4v) is 15.2. The van der Waals surface area contributed by atoms with Crippen LogP contribution in [0, 0.1) is 50.2 Å². The second-order valence-electron chi connectivity index (χ2n) is 23.4. The van der Waals surface area contributed by atoms with E-state index >= 15 is 0 Å². The molecule has 0 aromatic rings. The molecule has 0 unspecified atom stereocenters. The largest absolute Gasteiger partial charge is 0.481 e. The number of carbonyl (C=O) groups is 1. The summed E-state index contributed by atoms with van der Waals surface area (Å²) in [7, 11) is 0. The van der Waals surface area contributed by atoms with Gasteiger partial charge in [0, 0.05) is 5.41 Å². The van der Waals surface area contributed by atoms with Crippen molar-refractivity contribution >= 4 is 5.97 Å². The Morgan fingerprint density at radius 1 is 0.657 bits per heavy atom. The standard InChI is InChI=1S/C48H78O19/c1-21-30(53)33(56)35(58)39(62-21)66-37-32(55)25(19-50)64-41(38(37)67-40-36(59)34(57)31(54)24(18-49)63-40)65-29-11-12-44(4)26(45(29,5)20-51)10-13-46(6)27(44)9-8-22-23-16-43(2,3)14-15-48(23,42(60)61)28(52)17-47(22,46)7/h8,21,23-41,49-59H,9-20H2,1-7H3,(H,60,61)/t21-,23-,24+,25+,26+,27+,28+,29-,30-,31-,32+,33+,34-,35+,36+,37-,38+,39-,40-,41-,44-,45-,46+,47+,48+/m0/s1. The van der Waals surface area contributed by atoms with E-state index in [1.807, 2.05) is 6.92 Å². The molecule has 384 valence electrons. The van der Waals surface area contributed by atoms with Gasteiger partial charge >= 0.3 is 5.97 Å². The first-order valence-electron chi connectivity index (χ1n) is 24.4. The maximum atomic E-state index is 13.2. The molecule has 3 heterocycles. The molecule has 3 aliphatic heterocycles. The van der Waals surface area contributed by atoms with Gasteiger partial charge in [0.25, 0.3) is 0 Å². The van der Waals surface area contributed by atoms with E-state index in [1.54, 1.807) is 0 Å². The number of rotatable bonds is 10. The molecule has 8 rings (SSSR count). The number of hydrogen-bond acceptors (Lipinski definition) is 18. The SMILES string of the molecule is C[C@@H]1O[C@@H](O[C@H]2[C@H](O)[C@@H](CO)O[C@@H](O[C@H]3CC[C@@]4(C)[C@@H](CC[C@]5(C)[C@@H]4CC=C4[C@@H]6CC(C)(C)CC[C@]6(C(=O)O)[C@H](O)C[C@]45C)[C@]3(C)CO)[C@@H]2O[C@@H]2O[C@H](CO)[C@H](O)[C@H](O)[C@H]2O)[C@H](O)[C@H](O)[C@H]1O. The highest BCUT2D eigenvalue weighted by Crippen LogP contribution is 2.76. The third-order valence-electron chi connectivity index (χ3n) is 19.5. The molecule has 8 aliphatic rings. The molecular weight excluding hydrogens is 881 g/mol. The minimum Gasteiger partial charge on any atom is -0.481 e. The lowest BCUT2D eigenvalue weighted by Crippen LogP contribution is -2.69. The monoisotopic (exact) mass is 959 g/mol. The summed E-state index contributed by atoms with van der Waals surface area (Å²) in [6.45, 7) is 12.7. The molecule has 3 saturated heterocycles. The molecule has 67 heavy (non-hydrogen) atoms. The van der Waals surface area contributed by atoms with Gasteiger partial charge in [0.15, 0.2) is 18.9 Å². The summed E-state index contributed by atoms with van der Waals surface area (Å²) in [6.07, 6.45) is -18.9. The molecule has 5 aliphatic carbocycles. The van der Waals surface area contributed by atoms with E-state index in [1.165, 1.54) is 6.92 Å². The Balaban J connectivity index is 1.12. The maximum absolute atomic E-state index is 13.2. The molecule has 0 spiro atoms. The van der Waals surface area contributed by atoms with Gasteiger partial charge in [-0.1, -0.05) is 53.2 Å². The summed E-state index contributed by atoms with van der Waals surface area (Å²) < 4.78 is 37.0. The molecule has 0 aromatic carbocycles. The zero-order valence-electron chi connectivity index (χ0n) is 39.8. The first-order chi connectivity index (χ1) is 31.3. The van der Waals surface area contributed by atoms with Crippen LogP contribution in [-0.2, 0) is 33.2 Å². The Bertz CT molecular complexity index is 1830. The van der Waals surface area contributed by atoms with Gasteiger partial charge < -0.3 is 89.7 Å². The molecule has 19 heteroatoms. The van der Waals surface area contributed by atoms with Crippen LogP contribution in [0.15, 0.2) is 11.6 Å². The van der Waals surface area contributed by atoms with E-state index in [0.29, 0.717) is 51.4 Å². The van der Waals surface area contributed by atoms with Crippen LogP contribution >= 0.6 is 0 Å². The molecule has 19 nitrogen and oxygen atoms in total. The predicted octanol–water partition coefficient (Wildman–Crippen LogP) is -0.323. The molecular formula is C48H78O19. The van der Waals surface area contributed by atoms with Crippen LogP contribution in [0.5, 0.6) is 0 Å². The van der Waals surface area contributed by atoms with Crippen LogP contribution in [-0.4, -0.2) is 191 Å². The average molecular weight is 959 g/mol. The summed E-state index contributed by atoms with van der Waals surface area (Å²) in [6, 6.07) is 0. The van der Waals surface area contributed by atoms with E-state index in [9.17, 15) is 66.1 Å². The normalized spacial score (nSPS) is 55.3. The Kier molecular flexibility index (Phi) is 14.1. The number of aliphatic hydroxyl groups excluding tert-OH is 11. The van der Waals surface area contributed by atoms with E-state index in [0.717, 1.165) is 12.0 Å². The zero-order valence-corrected chi connectivity index (χ0v) is 39.8. The second kappa shape index (κ2) is 18.2. The Hall–Kier alpha value is -1.47. The van der Waals surface area contributed by atoms with Crippen LogP contribution < -0.4 is 0 Å². The Labute approximate surface area is 392 Å². The molecule has 12 N–H and O–H groups in total. The van der Waals surface area contributed by atoms with E-state index < -0.39 is 140 Å². The van der Waals surface area contributed by atoms with Gasteiger partial charge in [-0.15, -0.1) is 0 Å². The fourth-order valence-electron chi connectivity index (χ4n) is 15.2. The molecule has 25 atom stereocenters. The minimum atomic E-state index is -1.92. The lowest BCUT2D eigenvalue weighted by atomic mass is 9.33. The van der Waals surface area contributed by atoms with Crippen LogP contribution in [0.4, 0.5) is 0 Å². The van der Waals surface area contributed by atoms with E-state index in [2.05, 4.69) is 40.7 Å². The molecule has 4 saturated carbocycles. The lowest BCUT2D eigenvalue weighted by Gasteiger charge is -2.72. The van der Waals surface area contributed by atoms with Crippen molar-refractivity contribution in [1.29, 1.82) is 0 Å². The number of aliphatic hydroxyl groups is 11. The molecule has 0 aromatic heterocycles. The molecule has 7 fully saturated rings. The Morgan fingerprint density at radius 3 is 1.88 bits per heavy atom. The summed E-state index contributed by atoms with van der Waals surface area (Å²) in [5.41, 5.74) is -2.40. The Morgan fingerprint density at radius 2 is 1.25 bits per heavy atom. The smallest absolute Gasteiger partial charge is 0.312 e. The highest BCUT2D eigenvalue weighted by atomic mass is 16.8. The van der Waals surface area contributed by atoms with Gasteiger partial charge in [0.2, 0.25) is 0 Å². The van der Waals surface area contributed by atoms with Crippen molar-refractivity contribution < 1.29 is 94.5 Å². The van der Waals surface area contributed by atoms with E-state index in [-0.39, 0.29) is 40.6 Å². The first-order valence-corrected chi connectivity index (χ1v) is 24.4. The summed E-state index contributed by atoms with van der Waals surface area (Å²) in [4.78, 5) is 13.2. The van der Waals surface area contributed by atoms with Gasteiger partial charge in [-0.25, -0.2) is 0 Å². The van der Waals surface area contributed by atoms with Crippen molar-refractivity contribution in [2.45, 2.75) is 211 Å². The summed E-state index contributed by atoms with van der Waals surface area (Å²) in [5, 5.41) is 131. The van der Waals surface area contributed by atoms with Crippen molar-refractivity contribution in [2.24, 2.45) is 50.2 Å². The topological polar surface area (TPSA) is 315 Å². The number of hydrogen-bond donors (Lipinski definition) is 12. The number of carboxylic acid groups (broad SMARTS) is 1. The van der Waals surface area contributed by atoms with Crippen molar-refractivity contribution in [2.75, 3.05) is 19.8 Å². The van der Waals surface area contributed by atoms with Crippen molar-refractivity contribution in [3.8, 4) is 0 Å². The van der Waals surface area contributed by atoms with Crippen molar-refractivity contribution in [3.05, 3.63) is 11.6 Å². The number of ether oxygens (including phenoxy) is 6. The van der Waals surface area contributed by atoms with Crippen LogP contribution in [0.2, 0.25) is 0 Å². The average Bonchev–Trinajstić information content (AvgIpc) is 3.27. The first kappa shape index (κ1) is 51.9. The van der Waals surface area contributed by atoms with Gasteiger partial charge in [-0.3, -0.25) is 4.79 Å². The zero-order chi connectivity index (χ0) is 49.1. The summed E-state index contributed by atoms with van der Waals surface area (Å²) >= 11 is 0. The lowest BCUT2D eigenvalue weighted by molar-refractivity contribution is -0.399. The van der Waals surface area contributed by atoms with Crippen LogP contribution in [0.3, 0.4) is 0 Å². The van der Waals surface area contributed by atoms with Crippen molar-refractivity contribution in [3.63, 3.8) is 0 Å². The number of aliphatic carboxylic acids is 1. The third-order valence-corrected chi connectivity index (χ3v) is 19.5. The minimum absolute atomic E-state index is 0.0681. The highest BCUT2D eigenvalue weighted by molar-refractivity contribution is 5.77. The molecule has 0 amide bonds. The number of allylic oxidation sites excluding steroid dienone is 2.